The molecule has 0 radical (unpaired) electrons. The normalized spacial score (nSPS) is 45.6. The molecule has 3 nitrogen and oxygen atoms in total. The molecule has 1 aliphatic carbocycles. The molecule has 0 aromatic rings. The highest BCUT2D eigenvalue weighted by Gasteiger charge is 2.41. The molecular weight excluding hydrogens is 202 g/mol. The largest absolute Gasteiger partial charge is 0.388 e. The van der Waals surface area contributed by atoms with Crippen LogP contribution in [-0.2, 0) is 4.74 Å². The Balaban J connectivity index is 1.92. The maximum absolute atomic E-state index is 10.7. The summed E-state index contributed by atoms with van der Waals surface area (Å²) >= 11 is 0. The lowest BCUT2D eigenvalue weighted by atomic mass is 9.74. The fraction of sp³-hybridized carbons (Fsp3) is 1.00. The van der Waals surface area contributed by atoms with E-state index in [4.69, 9.17) is 4.74 Å². The molecule has 1 saturated heterocycles. The fourth-order valence-corrected chi connectivity index (χ4v) is 3.19. The summed E-state index contributed by atoms with van der Waals surface area (Å²) in [5.41, 5.74) is -0.482. The van der Waals surface area contributed by atoms with Crippen molar-refractivity contribution in [2.75, 3.05) is 13.7 Å². The Hall–Kier alpha value is -0.120. The van der Waals surface area contributed by atoms with Gasteiger partial charge in [0.2, 0.25) is 0 Å². The van der Waals surface area contributed by atoms with Crippen LogP contribution in [0.5, 0.6) is 0 Å². The number of hydrogen-bond acceptors (Lipinski definition) is 3. The Labute approximate surface area is 98.6 Å². The minimum absolute atomic E-state index is 0.300. The van der Waals surface area contributed by atoms with Crippen LogP contribution in [0.3, 0.4) is 0 Å². The van der Waals surface area contributed by atoms with E-state index in [-0.39, 0.29) is 0 Å². The first-order valence-electron chi connectivity index (χ1n) is 6.62. The number of hydrogen-bond donors (Lipinski definition) is 2. The molecule has 2 fully saturated rings. The van der Waals surface area contributed by atoms with Gasteiger partial charge in [-0.3, -0.25) is 0 Å². The summed E-state index contributed by atoms with van der Waals surface area (Å²) < 4.78 is 5.36. The molecule has 1 saturated carbocycles. The summed E-state index contributed by atoms with van der Waals surface area (Å²) in [6, 6.07) is 0.300. The quantitative estimate of drug-likeness (QED) is 0.754. The maximum atomic E-state index is 10.7. The molecule has 0 aromatic carbocycles. The smallest absolute Gasteiger partial charge is 0.0802 e. The van der Waals surface area contributed by atoms with Crippen LogP contribution in [0.1, 0.15) is 45.4 Å². The van der Waals surface area contributed by atoms with Crippen LogP contribution in [0.4, 0.5) is 0 Å². The number of rotatable bonds is 2. The van der Waals surface area contributed by atoms with E-state index in [1.54, 1.807) is 7.11 Å². The van der Waals surface area contributed by atoms with Gasteiger partial charge in [0, 0.05) is 13.2 Å². The van der Waals surface area contributed by atoms with Crippen LogP contribution in [0.25, 0.3) is 0 Å². The molecule has 2 rings (SSSR count). The van der Waals surface area contributed by atoms with Crippen LogP contribution >= 0.6 is 0 Å². The number of ether oxygens (including phenoxy) is 1. The lowest BCUT2D eigenvalue weighted by molar-refractivity contribution is -0.0742. The van der Waals surface area contributed by atoms with Crippen molar-refractivity contribution >= 4 is 0 Å². The first-order chi connectivity index (χ1) is 7.64. The molecule has 0 aromatic heterocycles. The third-order valence-electron chi connectivity index (χ3n) is 4.45. The van der Waals surface area contributed by atoms with Gasteiger partial charge in [0.05, 0.1) is 11.7 Å². The Morgan fingerprint density at radius 2 is 1.94 bits per heavy atom. The van der Waals surface area contributed by atoms with Gasteiger partial charge >= 0.3 is 0 Å². The fourth-order valence-electron chi connectivity index (χ4n) is 3.19. The van der Waals surface area contributed by atoms with Crippen molar-refractivity contribution in [3.8, 4) is 0 Å². The van der Waals surface area contributed by atoms with Crippen LogP contribution in [-0.4, -0.2) is 36.5 Å². The van der Waals surface area contributed by atoms with Gasteiger partial charge < -0.3 is 15.2 Å². The van der Waals surface area contributed by atoms with Gasteiger partial charge in [-0.25, -0.2) is 0 Å². The Kier molecular flexibility index (Phi) is 3.88. The molecule has 2 atom stereocenters. The molecule has 2 aliphatic rings. The highest BCUT2D eigenvalue weighted by molar-refractivity contribution is 4.97. The van der Waals surface area contributed by atoms with Crippen molar-refractivity contribution in [1.29, 1.82) is 0 Å². The van der Waals surface area contributed by atoms with Gasteiger partial charge in [0.1, 0.15) is 0 Å². The second kappa shape index (κ2) is 5.03. The summed E-state index contributed by atoms with van der Waals surface area (Å²) in [6.07, 6.45) is 6.49. The van der Waals surface area contributed by atoms with Crippen molar-refractivity contribution in [3.63, 3.8) is 0 Å². The van der Waals surface area contributed by atoms with Gasteiger partial charge in [-0.1, -0.05) is 6.92 Å². The van der Waals surface area contributed by atoms with E-state index in [9.17, 15) is 5.11 Å². The van der Waals surface area contributed by atoms with Crippen molar-refractivity contribution in [3.05, 3.63) is 0 Å². The van der Waals surface area contributed by atoms with E-state index in [1.807, 2.05) is 0 Å². The summed E-state index contributed by atoms with van der Waals surface area (Å²) in [4.78, 5) is 0. The highest BCUT2D eigenvalue weighted by Crippen LogP contribution is 2.35. The molecule has 0 amide bonds. The summed E-state index contributed by atoms with van der Waals surface area (Å²) in [7, 11) is 1.77. The second-order valence-electron chi connectivity index (χ2n) is 5.67. The van der Waals surface area contributed by atoms with Gasteiger partial charge in [-0.15, -0.1) is 0 Å². The van der Waals surface area contributed by atoms with E-state index in [0.29, 0.717) is 12.1 Å². The van der Waals surface area contributed by atoms with Crippen LogP contribution < -0.4 is 5.32 Å². The van der Waals surface area contributed by atoms with E-state index in [0.717, 1.165) is 44.6 Å². The van der Waals surface area contributed by atoms with Crippen LogP contribution in [0.2, 0.25) is 0 Å². The average molecular weight is 227 g/mol. The Morgan fingerprint density at radius 1 is 1.25 bits per heavy atom. The first-order valence-corrected chi connectivity index (χ1v) is 6.62. The molecule has 1 heterocycles. The molecule has 1 aliphatic heterocycles. The predicted octanol–water partition coefficient (Wildman–Crippen LogP) is 1.69. The van der Waals surface area contributed by atoms with Crippen molar-refractivity contribution in [1.82, 2.24) is 5.32 Å². The molecular formula is C13H25NO2. The minimum atomic E-state index is -0.482. The maximum Gasteiger partial charge on any atom is 0.0802 e. The predicted molar refractivity (Wildman–Crippen MR) is 64.4 cm³/mol. The lowest BCUT2D eigenvalue weighted by Crippen LogP contribution is -2.56. The third-order valence-corrected chi connectivity index (χ3v) is 4.45. The molecule has 94 valence electrons. The molecule has 16 heavy (non-hydrogen) atoms. The second-order valence-corrected chi connectivity index (χ2v) is 5.67. The topological polar surface area (TPSA) is 41.5 Å². The Bertz CT molecular complexity index is 224. The molecule has 2 unspecified atom stereocenters. The van der Waals surface area contributed by atoms with E-state index in [1.165, 1.54) is 6.42 Å². The third kappa shape index (κ3) is 2.58. The zero-order chi connectivity index (χ0) is 11.6. The van der Waals surface area contributed by atoms with Crippen molar-refractivity contribution in [2.45, 2.75) is 63.2 Å². The van der Waals surface area contributed by atoms with Crippen LogP contribution in [0.15, 0.2) is 0 Å². The van der Waals surface area contributed by atoms with Crippen molar-refractivity contribution in [2.24, 2.45) is 5.92 Å². The average Bonchev–Trinajstić information content (AvgIpc) is 2.30. The molecule has 2 N–H and O–H groups in total. The molecule has 3 heteroatoms. The van der Waals surface area contributed by atoms with Gasteiger partial charge in [0.25, 0.3) is 0 Å². The van der Waals surface area contributed by atoms with E-state index >= 15 is 0 Å². The first kappa shape index (κ1) is 12.3. The summed E-state index contributed by atoms with van der Waals surface area (Å²) in [6.45, 7) is 3.35. The number of piperidine rings is 1. The zero-order valence-corrected chi connectivity index (χ0v) is 10.5. The monoisotopic (exact) mass is 227 g/mol. The Morgan fingerprint density at radius 3 is 2.50 bits per heavy atom. The lowest BCUT2D eigenvalue weighted by Gasteiger charge is -2.44. The molecule has 0 spiro atoms. The number of aliphatic hydroxyl groups is 1. The number of methoxy groups -OCH3 is 1. The van der Waals surface area contributed by atoms with Gasteiger partial charge in [-0.2, -0.15) is 0 Å². The highest BCUT2D eigenvalue weighted by atomic mass is 16.5. The standard InChI is InChI=1S/C13H25NO2/c1-10-5-8-14-12(9-10)13(15)6-3-11(16-2)4-7-13/h10-12,14-15H,3-9H2,1-2H3. The number of nitrogens with one attached hydrogen (secondary N) is 1. The van der Waals surface area contributed by atoms with Gasteiger partial charge in [0.15, 0.2) is 0 Å². The van der Waals surface area contributed by atoms with Gasteiger partial charge in [-0.05, 0) is 51.0 Å². The molecule has 0 bridgehead atoms. The minimum Gasteiger partial charge on any atom is -0.388 e. The SMILES string of the molecule is COC1CCC(O)(C2CC(C)CCN2)CC1. The summed E-state index contributed by atoms with van der Waals surface area (Å²) in [5, 5.41) is 14.2. The van der Waals surface area contributed by atoms with E-state index < -0.39 is 5.60 Å². The zero-order valence-electron chi connectivity index (χ0n) is 10.5. The van der Waals surface area contributed by atoms with Crippen LogP contribution in [0, 0.1) is 5.92 Å². The van der Waals surface area contributed by atoms with Crippen molar-refractivity contribution < 1.29 is 9.84 Å². The van der Waals surface area contributed by atoms with E-state index in [2.05, 4.69) is 12.2 Å². The summed E-state index contributed by atoms with van der Waals surface area (Å²) in [5.74, 6) is 0.746.